The molecule has 9 heteroatoms. The zero-order chi connectivity index (χ0) is 16.1. The number of carbonyl (C=O) groups excluding carboxylic acids is 1. The second-order valence-electron chi connectivity index (χ2n) is 5.55. The van der Waals surface area contributed by atoms with Gasteiger partial charge in [0.1, 0.15) is 11.4 Å². The van der Waals surface area contributed by atoms with Crippen LogP contribution in [0.2, 0.25) is 0 Å². The average molecular weight is 386 g/mol. The quantitative estimate of drug-likeness (QED) is 0.724. The van der Waals surface area contributed by atoms with Crippen LogP contribution in [0.15, 0.2) is 35.5 Å². The van der Waals surface area contributed by atoms with Crippen LogP contribution >= 0.6 is 24.8 Å². The van der Waals surface area contributed by atoms with E-state index < -0.39 is 11.5 Å². The molecule has 136 valence electrons. The Balaban J connectivity index is 0.00000156. The van der Waals surface area contributed by atoms with Crippen molar-refractivity contribution in [1.29, 1.82) is 0 Å². The van der Waals surface area contributed by atoms with E-state index >= 15 is 0 Å². The lowest BCUT2D eigenvalue weighted by atomic mass is 10.1. The first-order valence-electron chi connectivity index (χ1n) is 7.75. The number of amides is 1. The van der Waals surface area contributed by atoms with Gasteiger partial charge in [0.05, 0.1) is 0 Å². The summed E-state index contributed by atoms with van der Waals surface area (Å²) in [5.41, 5.74) is 0.274. The van der Waals surface area contributed by atoms with Crippen molar-refractivity contribution < 1.29 is 4.79 Å². The van der Waals surface area contributed by atoms with E-state index in [0.717, 1.165) is 19.4 Å². The maximum atomic E-state index is 12.1. The monoisotopic (exact) mass is 385 g/mol. The molecule has 2 aromatic rings. The first-order chi connectivity index (χ1) is 11.2. The second-order valence-corrected chi connectivity index (χ2v) is 5.55. The van der Waals surface area contributed by atoms with Crippen LogP contribution in [0.1, 0.15) is 29.6 Å². The maximum absolute atomic E-state index is 12.1. The minimum atomic E-state index is -0.449. The number of pyridine rings is 1. The standard InChI is InChI=1S/C16H19N5O2.2ClH/c22-15(19-8-5-12-4-2-7-18-12)13-10-20-14(21-16(13)23)11-3-1-6-17-9-11;;/h1,3,6,9-10,12,18H,2,4-5,7-8H2,(H,19,22)(H,20,21,23);2*1H/t12-;;/m0../s1. The van der Waals surface area contributed by atoms with Crippen molar-refractivity contribution >= 4 is 30.7 Å². The number of halogens is 2. The molecule has 0 aromatic carbocycles. The van der Waals surface area contributed by atoms with Crippen molar-refractivity contribution in [1.82, 2.24) is 25.6 Å². The highest BCUT2D eigenvalue weighted by Gasteiger charge is 2.15. The molecule has 0 aliphatic carbocycles. The summed E-state index contributed by atoms with van der Waals surface area (Å²) in [6.45, 7) is 1.58. The van der Waals surface area contributed by atoms with Crippen LogP contribution in [-0.4, -0.2) is 40.0 Å². The van der Waals surface area contributed by atoms with Crippen LogP contribution in [0.3, 0.4) is 0 Å². The molecule has 3 N–H and O–H groups in total. The van der Waals surface area contributed by atoms with Crippen molar-refractivity contribution in [2.24, 2.45) is 0 Å². The minimum Gasteiger partial charge on any atom is -0.352 e. The molecule has 1 aliphatic heterocycles. The zero-order valence-electron chi connectivity index (χ0n) is 13.5. The first-order valence-corrected chi connectivity index (χ1v) is 7.75. The van der Waals surface area contributed by atoms with Gasteiger partial charge in [-0.3, -0.25) is 14.6 Å². The van der Waals surface area contributed by atoms with E-state index in [1.165, 1.54) is 12.6 Å². The Morgan fingerprint density at radius 1 is 1.32 bits per heavy atom. The van der Waals surface area contributed by atoms with Gasteiger partial charge in [-0.05, 0) is 37.9 Å². The number of hydrogen-bond donors (Lipinski definition) is 3. The molecule has 1 atom stereocenters. The molecule has 7 nitrogen and oxygen atoms in total. The Labute approximate surface area is 157 Å². The lowest BCUT2D eigenvalue weighted by Gasteiger charge is -2.10. The van der Waals surface area contributed by atoms with Gasteiger partial charge in [-0.15, -0.1) is 24.8 Å². The van der Waals surface area contributed by atoms with Crippen LogP contribution < -0.4 is 16.2 Å². The molecule has 1 fully saturated rings. The molecule has 1 aliphatic rings. The third kappa shape index (κ3) is 5.52. The van der Waals surface area contributed by atoms with Crippen LogP contribution in [-0.2, 0) is 0 Å². The van der Waals surface area contributed by atoms with Gasteiger partial charge in [-0.2, -0.15) is 0 Å². The van der Waals surface area contributed by atoms with Gasteiger partial charge in [0, 0.05) is 36.7 Å². The van der Waals surface area contributed by atoms with Crippen LogP contribution in [0.4, 0.5) is 0 Å². The van der Waals surface area contributed by atoms with Crippen LogP contribution in [0.25, 0.3) is 11.4 Å². The largest absolute Gasteiger partial charge is 0.352 e. The molecule has 2 aromatic heterocycles. The smallest absolute Gasteiger partial charge is 0.264 e. The van der Waals surface area contributed by atoms with Crippen molar-refractivity contribution in [3.05, 3.63) is 46.6 Å². The number of aromatic amines is 1. The summed E-state index contributed by atoms with van der Waals surface area (Å²) >= 11 is 0. The highest BCUT2D eigenvalue weighted by atomic mass is 35.5. The molecule has 1 saturated heterocycles. The van der Waals surface area contributed by atoms with E-state index in [1.54, 1.807) is 24.5 Å². The second kappa shape index (κ2) is 10.1. The fourth-order valence-corrected chi connectivity index (χ4v) is 2.66. The van der Waals surface area contributed by atoms with Gasteiger partial charge in [-0.25, -0.2) is 4.98 Å². The number of nitrogens with one attached hydrogen (secondary N) is 3. The van der Waals surface area contributed by atoms with Crippen molar-refractivity contribution in [2.45, 2.75) is 25.3 Å². The van der Waals surface area contributed by atoms with Gasteiger partial charge in [-0.1, -0.05) is 0 Å². The van der Waals surface area contributed by atoms with Crippen LogP contribution in [0.5, 0.6) is 0 Å². The summed E-state index contributed by atoms with van der Waals surface area (Å²) in [4.78, 5) is 34.9. The number of hydrogen-bond acceptors (Lipinski definition) is 5. The Morgan fingerprint density at radius 3 is 2.80 bits per heavy atom. The highest BCUT2D eigenvalue weighted by molar-refractivity contribution is 5.93. The lowest BCUT2D eigenvalue weighted by Crippen LogP contribution is -2.33. The number of rotatable bonds is 5. The zero-order valence-corrected chi connectivity index (χ0v) is 15.2. The van der Waals surface area contributed by atoms with Crippen molar-refractivity contribution in [3.8, 4) is 11.4 Å². The average Bonchev–Trinajstić information content (AvgIpc) is 3.09. The topological polar surface area (TPSA) is 99.8 Å². The van der Waals surface area contributed by atoms with E-state index in [1.807, 2.05) is 0 Å². The molecular formula is C16H21Cl2N5O2. The molecule has 0 unspecified atom stereocenters. The van der Waals surface area contributed by atoms with Crippen LogP contribution in [0, 0.1) is 0 Å². The van der Waals surface area contributed by atoms with E-state index in [0.29, 0.717) is 24.0 Å². The predicted octanol–water partition coefficient (Wildman–Crippen LogP) is 1.55. The van der Waals surface area contributed by atoms with E-state index in [4.69, 9.17) is 0 Å². The maximum Gasteiger partial charge on any atom is 0.264 e. The molecule has 3 heterocycles. The molecular weight excluding hydrogens is 365 g/mol. The van der Waals surface area contributed by atoms with Crippen molar-refractivity contribution in [3.63, 3.8) is 0 Å². The Morgan fingerprint density at radius 2 is 2.16 bits per heavy atom. The third-order valence-electron chi connectivity index (χ3n) is 3.92. The molecule has 0 spiro atoms. The van der Waals surface area contributed by atoms with Gasteiger partial charge >= 0.3 is 0 Å². The van der Waals surface area contributed by atoms with E-state index in [9.17, 15) is 9.59 Å². The van der Waals surface area contributed by atoms with E-state index in [-0.39, 0.29) is 30.4 Å². The van der Waals surface area contributed by atoms with Gasteiger partial charge in [0.15, 0.2) is 0 Å². The molecule has 25 heavy (non-hydrogen) atoms. The van der Waals surface area contributed by atoms with Gasteiger partial charge in [0.2, 0.25) is 0 Å². The first kappa shape index (κ1) is 21.1. The minimum absolute atomic E-state index is 0. The molecule has 0 bridgehead atoms. The number of nitrogens with zero attached hydrogens (tertiary/aromatic N) is 2. The summed E-state index contributed by atoms with van der Waals surface area (Å²) in [7, 11) is 0. The predicted molar refractivity (Wildman–Crippen MR) is 101 cm³/mol. The molecule has 0 saturated carbocycles. The summed E-state index contributed by atoms with van der Waals surface area (Å²) < 4.78 is 0. The normalized spacial score (nSPS) is 15.8. The highest BCUT2D eigenvalue weighted by Crippen LogP contribution is 2.10. The Bertz CT molecular complexity index is 733. The summed E-state index contributed by atoms with van der Waals surface area (Å²) in [6.07, 6.45) is 7.74. The van der Waals surface area contributed by atoms with Crippen molar-refractivity contribution in [2.75, 3.05) is 13.1 Å². The number of aromatic nitrogens is 3. The molecule has 1 amide bonds. The van der Waals surface area contributed by atoms with E-state index in [2.05, 4.69) is 25.6 Å². The molecule has 3 rings (SSSR count). The Hall–Kier alpha value is -1.96. The number of H-pyrrole nitrogens is 1. The molecule has 0 radical (unpaired) electrons. The lowest BCUT2D eigenvalue weighted by molar-refractivity contribution is 0.0950. The number of carbonyl (C=O) groups is 1. The van der Waals surface area contributed by atoms with Gasteiger partial charge in [0.25, 0.3) is 11.5 Å². The summed E-state index contributed by atoms with van der Waals surface area (Å²) in [5.74, 6) is 0.00397. The fraction of sp³-hybridized carbons (Fsp3) is 0.375. The Kier molecular flexibility index (Phi) is 8.54. The third-order valence-corrected chi connectivity index (χ3v) is 3.92. The summed E-state index contributed by atoms with van der Waals surface area (Å²) in [6, 6.07) is 4.01. The fourth-order valence-electron chi connectivity index (χ4n) is 2.66. The SMILES string of the molecule is Cl.Cl.O=C(NCC[C@@H]1CCCN1)c1cnc(-c2cccnc2)[nH]c1=O. The summed E-state index contributed by atoms with van der Waals surface area (Å²) in [5, 5.41) is 6.14. The van der Waals surface area contributed by atoms with Gasteiger partial charge < -0.3 is 15.6 Å².